The number of terminal acetylenes is 1. The van der Waals surface area contributed by atoms with Crippen molar-refractivity contribution < 1.29 is 18.3 Å². The molecule has 74 valence electrons. The molecule has 0 bridgehead atoms. The van der Waals surface area contributed by atoms with Gasteiger partial charge >= 0.3 is 5.97 Å². The van der Waals surface area contributed by atoms with Crippen molar-refractivity contribution in [2.24, 2.45) is 0 Å². The highest BCUT2D eigenvalue weighted by molar-refractivity contribution is 7.90. The highest BCUT2D eigenvalue weighted by Gasteiger charge is 2.18. The molecule has 1 atom stereocenters. The summed E-state index contributed by atoms with van der Waals surface area (Å²) < 4.78 is 24.0. The van der Waals surface area contributed by atoms with Crippen LogP contribution in [0.3, 0.4) is 0 Å². The van der Waals surface area contributed by atoms with E-state index in [2.05, 4.69) is 10.6 Å². The van der Waals surface area contributed by atoms with E-state index in [0.717, 1.165) is 0 Å². The minimum atomic E-state index is -3.80. The van der Waals surface area contributed by atoms with Crippen LogP contribution in [0.25, 0.3) is 0 Å². The summed E-state index contributed by atoms with van der Waals surface area (Å²) in [6.07, 6.45) is 5.42. The predicted molar refractivity (Wildman–Crippen MR) is 47.5 cm³/mol. The lowest BCUT2D eigenvalue weighted by molar-refractivity contribution is -0.134. The van der Waals surface area contributed by atoms with Gasteiger partial charge in [-0.25, -0.2) is 8.42 Å². The number of rotatable bonds is 5. The zero-order valence-electron chi connectivity index (χ0n) is 7.15. The molecule has 13 heavy (non-hydrogen) atoms. The lowest BCUT2D eigenvalue weighted by Crippen LogP contribution is -2.36. The monoisotopic (exact) mass is 205 g/mol. The van der Waals surface area contributed by atoms with Crippen LogP contribution in [-0.2, 0) is 14.8 Å². The SMILES string of the molecule is C#CC(CC)NS(=O)(=O)CC(=O)O. The van der Waals surface area contributed by atoms with E-state index in [1.165, 1.54) is 0 Å². The smallest absolute Gasteiger partial charge is 0.320 e. The molecular formula is C7H11NO4S. The summed E-state index contributed by atoms with van der Waals surface area (Å²) >= 11 is 0. The summed E-state index contributed by atoms with van der Waals surface area (Å²) in [4.78, 5) is 10.1. The van der Waals surface area contributed by atoms with Crippen molar-refractivity contribution in [2.75, 3.05) is 5.75 Å². The maximum Gasteiger partial charge on any atom is 0.320 e. The van der Waals surface area contributed by atoms with Gasteiger partial charge in [0.25, 0.3) is 0 Å². The third-order valence-electron chi connectivity index (χ3n) is 1.24. The van der Waals surface area contributed by atoms with E-state index in [1.54, 1.807) is 6.92 Å². The molecular weight excluding hydrogens is 194 g/mol. The second-order valence-electron chi connectivity index (χ2n) is 2.40. The Morgan fingerprint density at radius 2 is 2.23 bits per heavy atom. The molecule has 0 saturated heterocycles. The minimum absolute atomic E-state index is 0.426. The van der Waals surface area contributed by atoms with Gasteiger partial charge in [-0.2, -0.15) is 4.72 Å². The van der Waals surface area contributed by atoms with Crippen molar-refractivity contribution in [2.45, 2.75) is 19.4 Å². The number of hydrogen-bond donors (Lipinski definition) is 2. The molecule has 2 N–H and O–H groups in total. The molecule has 6 heteroatoms. The lowest BCUT2D eigenvalue weighted by atomic mass is 10.3. The first kappa shape index (κ1) is 11.9. The van der Waals surface area contributed by atoms with E-state index >= 15 is 0 Å². The lowest BCUT2D eigenvalue weighted by Gasteiger charge is -2.09. The van der Waals surface area contributed by atoms with Crippen LogP contribution in [0.4, 0.5) is 0 Å². The second-order valence-corrected chi connectivity index (χ2v) is 4.15. The van der Waals surface area contributed by atoms with E-state index in [9.17, 15) is 13.2 Å². The van der Waals surface area contributed by atoms with Gasteiger partial charge in [0, 0.05) is 0 Å². The summed E-state index contributed by atoms with van der Waals surface area (Å²) in [6, 6.07) is -0.635. The topological polar surface area (TPSA) is 83.5 Å². The summed E-state index contributed by atoms with van der Waals surface area (Å²) in [5.41, 5.74) is 0. The molecule has 0 aromatic rings. The maximum absolute atomic E-state index is 11.0. The summed E-state index contributed by atoms with van der Waals surface area (Å²) in [5, 5.41) is 8.24. The largest absolute Gasteiger partial charge is 0.480 e. The molecule has 0 radical (unpaired) electrons. The fourth-order valence-electron chi connectivity index (χ4n) is 0.656. The van der Waals surface area contributed by atoms with Crippen LogP contribution < -0.4 is 4.72 Å². The first-order chi connectivity index (χ1) is 5.91. The van der Waals surface area contributed by atoms with Crippen LogP contribution >= 0.6 is 0 Å². The quantitative estimate of drug-likeness (QED) is 0.587. The highest BCUT2D eigenvalue weighted by atomic mass is 32.2. The zero-order valence-corrected chi connectivity index (χ0v) is 7.97. The highest BCUT2D eigenvalue weighted by Crippen LogP contribution is 1.93. The van der Waals surface area contributed by atoms with Gasteiger partial charge in [0.1, 0.15) is 0 Å². The molecule has 0 aromatic carbocycles. The van der Waals surface area contributed by atoms with Crippen molar-refractivity contribution >= 4 is 16.0 Å². The second kappa shape index (κ2) is 4.84. The van der Waals surface area contributed by atoms with Crippen LogP contribution in [-0.4, -0.2) is 31.3 Å². The Hall–Kier alpha value is -1.06. The zero-order chi connectivity index (χ0) is 10.5. The number of carboxylic acids is 1. The number of aliphatic carboxylic acids is 1. The molecule has 0 amide bonds. The van der Waals surface area contributed by atoms with Gasteiger partial charge in [0.05, 0.1) is 6.04 Å². The number of carboxylic acid groups (broad SMARTS) is 1. The van der Waals surface area contributed by atoms with Crippen molar-refractivity contribution in [1.29, 1.82) is 0 Å². The van der Waals surface area contributed by atoms with Crippen molar-refractivity contribution in [3.8, 4) is 12.3 Å². The Labute approximate surface area is 77.2 Å². The van der Waals surface area contributed by atoms with Gasteiger partial charge in [-0.3, -0.25) is 4.79 Å². The molecule has 0 aliphatic heterocycles. The van der Waals surface area contributed by atoms with Gasteiger partial charge in [-0.15, -0.1) is 6.42 Å². The van der Waals surface area contributed by atoms with E-state index in [-0.39, 0.29) is 0 Å². The van der Waals surface area contributed by atoms with Crippen LogP contribution in [0, 0.1) is 12.3 Å². The normalized spacial score (nSPS) is 13.2. The van der Waals surface area contributed by atoms with Crippen molar-refractivity contribution in [1.82, 2.24) is 4.72 Å². The summed E-state index contributed by atoms with van der Waals surface area (Å²) in [5.74, 6) is -0.159. The number of hydrogen-bond acceptors (Lipinski definition) is 3. The van der Waals surface area contributed by atoms with E-state index in [0.29, 0.717) is 6.42 Å². The number of carbonyl (C=O) groups is 1. The summed E-state index contributed by atoms with van der Waals surface area (Å²) in [7, 11) is -3.80. The molecule has 1 unspecified atom stereocenters. The van der Waals surface area contributed by atoms with Crippen LogP contribution in [0.1, 0.15) is 13.3 Å². The Bertz CT molecular complexity index is 314. The van der Waals surface area contributed by atoms with Crippen molar-refractivity contribution in [3.05, 3.63) is 0 Å². The molecule has 0 heterocycles. The molecule has 0 aliphatic rings. The fraction of sp³-hybridized carbons (Fsp3) is 0.571. The Kier molecular flexibility index (Phi) is 4.45. The van der Waals surface area contributed by atoms with Crippen LogP contribution in [0.5, 0.6) is 0 Å². The van der Waals surface area contributed by atoms with Crippen LogP contribution in [0.15, 0.2) is 0 Å². The minimum Gasteiger partial charge on any atom is -0.480 e. The van der Waals surface area contributed by atoms with Crippen LogP contribution in [0.2, 0.25) is 0 Å². The summed E-state index contributed by atoms with van der Waals surface area (Å²) in [6.45, 7) is 1.70. The first-order valence-electron chi connectivity index (χ1n) is 3.59. The molecule has 0 rings (SSSR count). The average molecular weight is 205 g/mol. The molecule has 0 aromatic heterocycles. The Morgan fingerprint density at radius 1 is 1.69 bits per heavy atom. The molecule has 0 saturated carbocycles. The van der Waals surface area contributed by atoms with E-state index in [1.807, 2.05) is 0 Å². The van der Waals surface area contributed by atoms with Gasteiger partial charge in [-0.05, 0) is 6.42 Å². The maximum atomic E-state index is 11.0. The van der Waals surface area contributed by atoms with Gasteiger partial charge < -0.3 is 5.11 Å². The Balaban J connectivity index is 4.35. The van der Waals surface area contributed by atoms with E-state index < -0.39 is 27.8 Å². The molecule has 0 fully saturated rings. The molecule has 0 aliphatic carbocycles. The molecule has 0 spiro atoms. The predicted octanol–water partition coefficient (Wildman–Crippen LogP) is -0.598. The molecule has 5 nitrogen and oxygen atoms in total. The van der Waals surface area contributed by atoms with E-state index in [4.69, 9.17) is 11.5 Å². The third kappa shape index (κ3) is 5.22. The number of sulfonamides is 1. The third-order valence-corrected chi connectivity index (χ3v) is 2.52. The van der Waals surface area contributed by atoms with Gasteiger partial charge in [-0.1, -0.05) is 12.8 Å². The Morgan fingerprint density at radius 3 is 2.54 bits per heavy atom. The fourth-order valence-corrected chi connectivity index (χ4v) is 1.73. The average Bonchev–Trinajstić information content (AvgIpc) is 1.97. The standard InChI is InChI=1S/C7H11NO4S/c1-3-6(4-2)8-13(11,12)5-7(9)10/h1,6,8H,4-5H2,2H3,(H,9,10). The van der Waals surface area contributed by atoms with Gasteiger partial charge in [0.15, 0.2) is 5.75 Å². The van der Waals surface area contributed by atoms with Gasteiger partial charge in [0.2, 0.25) is 10.0 Å². The van der Waals surface area contributed by atoms with Crippen molar-refractivity contribution in [3.63, 3.8) is 0 Å². The first-order valence-corrected chi connectivity index (χ1v) is 5.24. The number of nitrogens with one attached hydrogen (secondary N) is 1.